The van der Waals surface area contributed by atoms with Crippen molar-refractivity contribution < 1.29 is 29.3 Å². The average molecular weight is 470 g/mol. The lowest BCUT2D eigenvalue weighted by molar-refractivity contribution is -0.123. The van der Waals surface area contributed by atoms with Gasteiger partial charge in [-0.25, -0.2) is 0 Å². The number of carbonyl (C=O) groups excluding carboxylic acids is 2. The van der Waals surface area contributed by atoms with Crippen LogP contribution >= 0.6 is 0 Å². The molecule has 6 N–H and O–H groups in total. The quantitative estimate of drug-likeness (QED) is 0.223. The highest BCUT2D eigenvalue weighted by atomic mass is 16.6. The van der Waals surface area contributed by atoms with Crippen LogP contribution in [0, 0.1) is 0 Å². The Balaban J connectivity index is 1.89. The second kappa shape index (κ2) is 13.2. The van der Waals surface area contributed by atoms with Crippen LogP contribution in [-0.2, 0) is 25.6 Å². The van der Waals surface area contributed by atoms with E-state index in [0.717, 1.165) is 25.7 Å². The fraction of sp³-hybridized carbons (Fsp3) is 0.714. The second-order valence-corrected chi connectivity index (χ2v) is 8.03. The SMILES string of the molecule is CCCCCCC(=O)NCCNC(=O)Cn1cc([C@@H]2O[C@H](COC)C(O)[C@@H]2O)c(=O)nc1N. The van der Waals surface area contributed by atoms with Crippen molar-refractivity contribution in [3.05, 3.63) is 22.1 Å². The van der Waals surface area contributed by atoms with E-state index in [4.69, 9.17) is 15.2 Å². The molecule has 0 radical (unpaired) electrons. The highest BCUT2D eigenvalue weighted by Gasteiger charge is 2.44. The van der Waals surface area contributed by atoms with Crippen LogP contribution in [0.3, 0.4) is 0 Å². The van der Waals surface area contributed by atoms with Crippen molar-refractivity contribution in [1.82, 2.24) is 20.2 Å². The highest BCUT2D eigenvalue weighted by Crippen LogP contribution is 2.32. The van der Waals surface area contributed by atoms with Gasteiger partial charge in [-0.05, 0) is 6.42 Å². The molecule has 0 aromatic carbocycles. The summed E-state index contributed by atoms with van der Waals surface area (Å²) in [5.41, 5.74) is 5.03. The van der Waals surface area contributed by atoms with E-state index in [-0.39, 0.29) is 37.1 Å². The molecule has 2 rings (SSSR count). The zero-order valence-corrected chi connectivity index (χ0v) is 19.2. The van der Waals surface area contributed by atoms with Crippen molar-refractivity contribution in [3.63, 3.8) is 0 Å². The van der Waals surface area contributed by atoms with E-state index in [1.165, 1.54) is 17.9 Å². The molecule has 1 saturated heterocycles. The van der Waals surface area contributed by atoms with Gasteiger partial charge in [0.1, 0.15) is 31.0 Å². The molecule has 1 aromatic heterocycles. The summed E-state index contributed by atoms with van der Waals surface area (Å²) >= 11 is 0. The zero-order chi connectivity index (χ0) is 24.4. The number of rotatable bonds is 13. The molecule has 1 aromatic rings. The van der Waals surface area contributed by atoms with Crippen molar-refractivity contribution in [1.29, 1.82) is 0 Å². The molecule has 1 fully saturated rings. The maximum Gasteiger partial charge on any atom is 0.280 e. The van der Waals surface area contributed by atoms with Gasteiger partial charge in [-0.2, -0.15) is 4.98 Å². The fourth-order valence-electron chi connectivity index (χ4n) is 3.57. The van der Waals surface area contributed by atoms with Gasteiger partial charge >= 0.3 is 0 Å². The van der Waals surface area contributed by atoms with Crippen LogP contribution in [0.25, 0.3) is 0 Å². The minimum atomic E-state index is -1.36. The van der Waals surface area contributed by atoms with Crippen LogP contribution in [-0.4, -0.2) is 76.7 Å². The maximum absolute atomic E-state index is 12.3. The number of aromatic nitrogens is 2. The van der Waals surface area contributed by atoms with Crippen molar-refractivity contribution in [3.8, 4) is 0 Å². The zero-order valence-electron chi connectivity index (χ0n) is 19.2. The van der Waals surface area contributed by atoms with Gasteiger partial charge < -0.3 is 40.6 Å². The Hall–Kier alpha value is -2.54. The number of aliphatic hydroxyl groups excluding tert-OH is 2. The monoisotopic (exact) mass is 469 g/mol. The third kappa shape index (κ3) is 7.77. The number of ether oxygens (including phenoxy) is 2. The standard InChI is InChI=1S/C21H35N5O7/c1-3-4-5-6-7-15(27)23-8-9-24-16(28)11-26-10-13(20(31)25-21(26)22)19-18(30)17(29)14(33-19)12-32-2/h10,14,17-19,29-30H,3-9,11-12H2,1-2H3,(H,23,27)(H,24,28)(H2,22,25,31)/t14-,17?,18+,19+/m1/s1. The largest absolute Gasteiger partial charge is 0.387 e. The van der Waals surface area contributed by atoms with Gasteiger partial charge in [0.25, 0.3) is 5.56 Å². The highest BCUT2D eigenvalue weighted by molar-refractivity contribution is 5.77. The van der Waals surface area contributed by atoms with Gasteiger partial charge in [0, 0.05) is 32.8 Å². The lowest BCUT2D eigenvalue weighted by Crippen LogP contribution is -2.37. The molecular formula is C21H35N5O7. The van der Waals surface area contributed by atoms with Crippen LogP contribution in [0.2, 0.25) is 0 Å². The lowest BCUT2D eigenvalue weighted by atomic mass is 10.0. The van der Waals surface area contributed by atoms with Crippen LogP contribution in [0.5, 0.6) is 0 Å². The Morgan fingerprint density at radius 1 is 1.18 bits per heavy atom. The van der Waals surface area contributed by atoms with Gasteiger partial charge in [0.2, 0.25) is 17.8 Å². The van der Waals surface area contributed by atoms with E-state index in [9.17, 15) is 24.6 Å². The number of nitrogens with two attached hydrogens (primary N) is 1. The van der Waals surface area contributed by atoms with Gasteiger partial charge in [0.15, 0.2) is 0 Å². The Kier molecular flexibility index (Phi) is 10.7. The number of nitrogens with one attached hydrogen (secondary N) is 2. The van der Waals surface area contributed by atoms with Crippen LogP contribution < -0.4 is 21.9 Å². The van der Waals surface area contributed by atoms with Crippen molar-refractivity contribution in [2.75, 3.05) is 32.5 Å². The van der Waals surface area contributed by atoms with E-state index < -0.39 is 35.9 Å². The number of carbonyl (C=O) groups is 2. The number of nitrogens with zero attached hydrogens (tertiary/aromatic N) is 2. The molecule has 1 unspecified atom stereocenters. The van der Waals surface area contributed by atoms with Crippen LogP contribution in [0.1, 0.15) is 50.7 Å². The third-order valence-corrected chi connectivity index (χ3v) is 5.39. The third-order valence-electron chi connectivity index (χ3n) is 5.39. The second-order valence-electron chi connectivity index (χ2n) is 8.03. The molecule has 2 heterocycles. The lowest BCUT2D eigenvalue weighted by Gasteiger charge is -2.17. The number of hydrogen-bond donors (Lipinski definition) is 5. The van der Waals surface area contributed by atoms with E-state index >= 15 is 0 Å². The van der Waals surface area contributed by atoms with Gasteiger partial charge in [0.05, 0.1) is 12.2 Å². The first kappa shape index (κ1) is 26.7. The first-order chi connectivity index (χ1) is 15.8. The molecule has 0 saturated carbocycles. The summed E-state index contributed by atoms with van der Waals surface area (Å²) in [6.45, 7) is 2.43. The van der Waals surface area contributed by atoms with E-state index in [1.807, 2.05) is 0 Å². The van der Waals surface area contributed by atoms with E-state index in [2.05, 4.69) is 22.5 Å². The molecule has 2 amide bonds. The number of nitrogen functional groups attached to an aromatic ring is 1. The Morgan fingerprint density at radius 2 is 1.88 bits per heavy atom. The molecule has 1 aliphatic heterocycles. The summed E-state index contributed by atoms with van der Waals surface area (Å²) in [6.07, 6.45) is 1.27. The summed E-state index contributed by atoms with van der Waals surface area (Å²) in [6, 6.07) is 0. The molecular weight excluding hydrogens is 434 g/mol. The predicted molar refractivity (Wildman–Crippen MR) is 119 cm³/mol. The van der Waals surface area contributed by atoms with Crippen molar-refractivity contribution >= 4 is 17.8 Å². The molecule has 4 atom stereocenters. The fourth-order valence-corrected chi connectivity index (χ4v) is 3.57. The van der Waals surface area contributed by atoms with E-state index in [1.54, 1.807) is 0 Å². The normalized spacial score (nSPS) is 22.3. The molecule has 12 heteroatoms. The average Bonchev–Trinajstić information content (AvgIpc) is 3.05. The minimum absolute atomic E-state index is 0.0301. The number of methoxy groups -OCH3 is 1. The minimum Gasteiger partial charge on any atom is -0.387 e. The number of hydrogen-bond acceptors (Lipinski definition) is 9. The first-order valence-corrected chi connectivity index (χ1v) is 11.2. The summed E-state index contributed by atoms with van der Waals surface area (Å²) in [5, 5.41) is 25.8. The summed E-state index contributed by atoms with van der Waals surface area (Å²) in [5.74, 6) is -0.635. The molecule has 0 bridgehead atoms. The predicted octanol–water partition coefficient (Wildman–Crippen LogP) is -1.16. The van der Waals surface area contributed by atoms with Crippen molar-refractivity contribution in [2.45, 2.75) is 70.0 Å². The van der Waals surface area contributed by atoms with Gasteiger partial charge in [-0.1, -0.05) is 26.2 Å². The topological polar surface area (TPSA) is 178 Å². The molecule has 0 spiro atoms. The Bertz CT molecular complexity index is 847. The Labute approximate surface area is 192 Å². The Morgan fingerprint density at radius 3 is 2.55 bits per heavy atom. The summed E-state index contributed by atoms with van der Waals surface area (Å²) < 4.78 is 11.8. The van der Waals surface area contributed by atoms with E-state index in [0.29, 0.717) is 13.0 Å². The summed E-state index contributed by atoms with van der Waals surface area (Å²) in [7, 11) is 1.42. The van der Waals surface area contributed by atoms with Gasteiger partial charge in [-0.15, -0.1) is 0 Å². The number of amides is 2. The molecule has 12 nitrogen and oxygen atoms in total. The molecule has 186 valence electrons. The molecule has 33 heavy (non-hydrogen) atoms. The number of unbranched alkanes of at least 4 members (excludes halogenated alkanes) is 3. The first-order valence-electron chi connectivity index (χ1n) is 11.2. The van der Waals surface area contributed by atoms with Gasteiger partial charge in [-0.3, -0.25) is 14.4 Å². The smallest absolute Gasteiger partial charge is 0.280 e. The molecule has 0 aliphatic carbocycles. The molecule has 1 aliphatic rings. The van der Waals surface area contributed by atoms with Crippen molar-refractivity contribution in [2.24, 2.45) is 0 Å². The number of anilines is 1. The van der Waals surface area contributed by atoms with Crippen LogP contribution in [0.15, 0.2) is 11.0 Å². The summed E-state index contributed by atoms with van der Waals surface area (Å²) in [4.78, 5) is 40.1. The maximum atomic E-state index is 12.3. The number of aliphatic hydroxyl groups is 2. The van der Waals surface area contributed by atoms with Crippen LogP contribution in [0.4, 0.5) is 5.95 Å².